The Morgan fingerprint density at radius 2 is 1.93 bits per heavy atom. The number of hydrogen-bond donors (Lipinski definition) is 1. The molecule has 1 aromatic carbocycles. The molecule has 0 aliphatic carbocycles. The van der Waals surface area contributed by atoms with Crippen LogP contribution in [-0.2, 0) is 20.7 Å². The fraction of sp³-hybridized carbons (Fsp3) is 0.316. The van der Waals surface area contributed by atoms with E-state index in [1.54, 1.807) is 38.5 Å². The highest BCUT2D eigenvalue weighted by Crippen LogP contribution is 2.27. The van der Waals surface area contributed by atoms with Gasteiger partial charge in [-0.05, 0) is 36.2 Å². The summed E-state index contributed by atoms with van der Waals surface area (Å²) in [6.07, 6.45) is 0.931. The summed E-state index contributed by atoms with van der Waals surface area (Å²) in [4.78, 5) is 28.1. The van der Waals surface area contributed by atoms with Gasteiger partial charge in [0, 0.05) is 12.7 Å². The quantitative estimate of drug-likeness (QED) is 0.520. The molecule has 27 heavy (non-hydrogen) atoms. The molecule has 8 heteroatoms. The lowest BCUT2D eigenvalue weighted by Gasteiger charge is -2.17. The number of hydrogen-bond acceptors (Lipinski definition) is 6. The van der Waals surface area contributed by atoms with Crippen LogP contribution in [0.2, 0.25) is 0 Å². The molecule has 0 unspecified atom stereocenters. The highest BCUT2D eigenvalue weighted by atomic mass is 35.5. The van der Waals surface area contributed by atoms with Crippen molar-refractivity contribution in [3.8, 4) is 11.5 Å². The summed E-state index contributed by atoms with van der Waals surface area (Å²) in [5.74, 6) is -0.255. The standard InChI is InChI=1S/C19H21ClN2O5/c1-25-15-7-6-13(11-16(15)26-2)8-10-22-19(24)18(27-17(23)12-20)14-5-3-4-9-21-14/h3-7,9,11,18H,8,10,12H2,1-2H3,(H,22,24)/t18-/m0/s1. The first-order chi connectivity index (χ1) is 13.1. The molecule has 1 aromatic heterocycles. The lowest BCUT2D eigenvalue weighted by Crippen LogP contribution is -2.34. The Balaban J connectivity index is 2.00. The number of esters is 1. The van der Waals surface area contributed by atoms with Crippen LogP contribution in [0.15, 0.2) is 42.6 Å². The van der Waals surface area contributed by atoms with Crippen LogP contribution in [0.25, 0.3) is 0 Å². The van der Waals surface area contributed by atoms with Gasteiger partial charge in [-0.25, -0.2) is 0 Å². The van der Waals surface area contributed by atoms with Crippen molar-refractivity contribution in [1.29, 1.82) is 0 Å². The first-order valence-electron chi connectivity index (χ1n) is 8.24. The lowest BCUT2D eigenvalue weighted by atomic mass is 10.1. The largest absolute Gasteiger partial charge is 0.493 e. The Morgan fingerprint density at radius 1 is 1.15 bits per heavy atom. The summed E-state index contributed by atoms with van der Waals surface area (Å²) in [5, 5.41) is 2.75. The molecule has 1 N–H and O–H groups in total. The maximum absolute atomic E-state index is 12.5. The number of alkyl halides is 1. The number of carbonyl (C=O) groups excluding carboxylic acids is 2. The third-order valence-electron chi connectivity index (χ3n) is 3.71. The molecule has 2 aromatic rings. The van der Waals surface area contributed by atoms with E-state index in [4.69, 9.17) is 25.8 Å². The number of nitrogens with zero attached hydrogens (tertiary/aromatic N) is 1. The molecule has 0 aliphatic heterocycles. The third-order valence-corrected chi connectivity index (χ3v) is 3.93. The Hall–Kier alpha value is -2.80. The Bertz CT molecular complexity index is 770. The predicted octanol–water partition coefficient (Wildman–Crippen LogP) is 2.28. The lowest BCUT2D eigenvalue weighted by molar-refractivity contribution is -0.154. The van der Waals surface area contributed by atoms with E-state index in [0.29, 0.717) is 30.2 Å². The van der Waals surface area contributed by atoms with Crippen LogP contribution >= 0.6 is 11.6 Å². The highest BCUT2D eigenvalue weighted by Gasteiger charge is 2.25. The first-order valence-corrected chi connectivity index (χ1v) is 8.77. The number of carbonyl (C=O) groups is 2. The molecule has 2 rings (SSSR count). The van der Waals surface area contributed by atoms with Crippen molar-refractivity contribution < 1.29 is 23.8 Å². The van der Waals surface area contributed by atoms with Gasteiger partial charge in [0.25, 0.3) is 5.91 Å². The van der Waals surface area contributed by atoms with E-state index >= 15 is 0 Å². The van der Waals surface area contributed by atoms with Crippen molar-refractivity contribution in [3.05, 3.63) is 53.9 Å². The second kappa shape index (κ2) is 10.4. The zero-order valence-electron chi connectivity index (χ0n) is 15.1. The van der Waals surface area contributed by atoms with Crippen molar-refractivity contribution >= 4 is 23.5 Å². The molecule has 144 valence electrons. The maximum Gasteiger partial charge on any atom is 0.322 e. The molecule has 7 nitrogen and oxygen atoms in total. The van der Waals surface area contributed by atoms with Crippen LogP contribution in [0.5, 0.6) is 11.5 Å². The van der Waals surface area contributed by atoms with Gasteiger partial charge in [0.2, 0.25) is 6.10 Å². The number of nitrogens with one attached hydrogen (secondary N) is 1. The molecule has 0 spiro atoms. The van der Waals surface area contributed by atoms with Gasteiger partial charge in [0.15, 0.2) is 11.5 Å². The molecule has 0 fully saturated rings. The zero-order valence-corrected chi connectivity index (χ0v) is 15.9. The number of ether oxygens (including phenoxy) is 3. The predicted molar refractivity (Wildman–Crippen MR) is 100 cm³/mol. The molecule has 1 amide bonds. The Labute approximate surface area is 162 Å². The summed E-state index contributed by atoms with van der Waals surface area (Å²) in [5.41, 5.74) is 1.29. The van der Waals surface area contributed by atoms with E-state index in [1.165, 1.54) is 6.20 Å². The van der Waals surface area contributed by atoms with Crippen LogP contribution in [0.3, 0.4) is 0 Å². The van der Waals surface area contributed by atoms with Gasteiger partial charge < -0.3 is 19.5 Å². The van der Waals surface area contributed by atoms with Gasteiger partial charge in [-0.15, -0.1) is 11.6 Å². The average Bonchev–Trinajstić information content (AvgIpc) is 2.72. The van der Waals surface area contributed by atoms with E-state index in [9.17, 15) is 9.59 Å². The van der Waals surface area contributed by atoms with Crippen LogP contribution in [-0.4, -0.2) is 43.5 Å². The number of amides is 1. The minimum Gasteiger partial charge on any atom is -0.493 e. The van der Waals surface area contributed by atoms with Crippen molar-refractivity contribution in [2.24, 2.45) is 0 Å². The number of pyridine rings is 1. The topological polar surface area (TPSA) is 86.8 Å². The van der Waals surface area contributed by atoms with Gasteiger partial charge >= 0.3 is 5.97 Å². The molecule has 0 bridgehead atoms. The van der Waals surface area contributed by atoms with Crippen LogP contribution in [0, 0.1) is 0 Å². The number of aromatic nitrogens is 1. The van der Waals surface area contributed by atoms with Crippen LogP contribution in [0.4, 0.5) is 0 Å². The highest BCUT2D eigenvalue weighted by molar-refractivity contribution is 6.26. The molecule has 1 heterocycles. The summed E-state index contributed by atoms with van der Waals surface area (Å²) < 4.78 is 15.6. The summed E-state index contributed by atoms with van der Waals surface area (Å²) in [7, 11) is 3.13. The second-order valence-electron chi connectivity index (χ2n) is 5.49. The number of halogens is 1. The van der Waals surface area contributed by atoms with Gasteiger partial charge in [-0.1, -0.05) is 12.1 Å². The van der Waals surface area contributed by atoms with E-state index in [0.717, 1.165) is 5.56 Å². The Morgan fingerprint density at radius 3 is 2.56 bits per heavy atom. The van der Waals surface area contributed by atoms with Crippen molar-refractivity contribution in [2.45, 2.75) is 12.5 Å². The first kappa shape index (κ1) is 20.5. The fourth-order valence-electron chi connectivity index (χ4n) is 2.40. The molecule has 0 saturated carbocycles. The fourth-order valence-corrected chi connectivity index (χ4v) is 2.46. The smallest absolute Gasteiger partial charge is 0.322 e. The molecular weight excluding hydrogens is 372 g/mol. The molecule has 1 atom stereocenters. The van der Waals surface area contributed by atoms with E-state index < -0.39 is 18.0 Å². The minimum absolute atomic E-state index is 0.333. The van der Waals surface area contributed by atoms with Gasteiger partial charge in [0.05, 0.1) is 19.9 Å². The van der Waals surface area contributed by atoms with E-state index in [2.05, 4.69) is 10.3 Å². The van der Waals surface area contributed by atoms with E-state index in [1.807, 2.05) is 12.1 Å². The average molecular weight is 393 g/mol. The summed E-state index contributed by atoms with van der Waals surface area (Å²) in [6.45, 7) is 0.343. The van der Waals surface area contributed by atoms with Gasteiger partial charge in [0.1, 0.15) is 5.88 Å². The number of rotatable bonds is 9. The molecule has 0 aliphatic rings. The SMILES string of the molecule is COc1ccc(CCNC(=O)[C@@H](OC(=O)CCl)c2ccccn2)cc1OC. The van der Waals surface area contributed by atoms with Crippen molar-refractivity contribution in [3.63, 3.8) is 0 Å². The molecule has 0 radical (unpaired) electrons. The zero-order chi connectivity index (χ0) is 19.6. The summed E-state index contributed by atoms with van der Waals surface area (Å²) in [6, 6.07) is 10.6. The van der Waals surface area contributed by atoms with E-state index in [-0.39, 0.29) is 5.88 Å². The summed E-state index contributed by atoms with van der Waals surface area (Å²) >= 11 is 5.48. The van der Waals surface area contributed by atoms with Crippen LogP contribution in [0.1, 0.15) is 17.4 Å². The van der Waals surface area contributed by atoms with Crippen molar-refractivity contribution in [1.82, 2.24) is 10.3 Å². The Kier molecular flexibility index (Phi) is 7.88. The number of benzene rings is 1. The minimum atomic E-state index is -1.15. The molecule has 0 saturated heterocycles. The normalized spacial score (nSPS) is 11.4. The van der Waals surface area contributed by atoms with Crippen molar-refractivity contribution in [2.75, 3.05) is 26.6 Å². The van der Waals surface area contributed by atoms with Gasteiger partial charge in [-0.2, -0.15) is 0 Å². The third kappa shape index (κ3) is 5.86. The number of methoxy groups -OCH3 is 2. The monoisotopic (exact) mass is 392 g/mol. The second-order valence-corrected chi connectivity index (χ2v) is 5.76. The molecular formula is C19H21ClN2O5. The maximum atomic E-state index is 12.5. The van der Waals surface area contributed by atoms with Crippen LogP contribution < -0.4 is 14.8 Å². The van der Waals surface area contributed by atoms with Gasteiger partial charge in [-0.3, -0.25) is 14.6 Å².